The predicted octanol–water partition coefficient (Wildman–Crippen LogP) is 1.01. The van der Waals surface area contributed by atoms with Gasteiger partial charge in [-0.1, -0.05) is 12.1 Å². The first-order chi connectivity index (χ1) is 7.48. The van der Waals surface area contributed by atoms with Gasteiger partial charge in [-0.05, 0) is 30.5 Å². The minimum atomic E-state index is -3.14. The van der Waals surface area contributed by atoms with E-state index in [1.807, 2.05) is 6.07 Å². The average molecular weight is 241 g/mol. The number of benzene rings is 1. The topological polar surface area (TPSA) is 69.4 Å². The van der Waals surface area contributed by atoms with Crippen molar-refractivity contribution in [3.8, 4) is 0 Å². The maximum Gasteiger partial charge on any atom is 0.175 e. The minimum Gasteiger partial charge on any atom is -0.304 e. The highest BCUT2D eigenvalue weighted by Crippen LogP contribution is 2.48. The second-order valence-corrected chi connectivity index (χ2v) is 6.41. The lowest BCUT2D eigenvalue weighted by atomic mass is 9.97. The summed E-state index contributed by atoms with van der Waals surface area (Å²) in [5.41, 5.74) is 0.941. The van der Waals surface area contributed by atoms with E-state index in [2.05, 4.69) is 0 Å². The highest BCUT2D eigenvalue weighted by atomic mass is 32.2. The zero-order chi connectivity index (χ0) is 11.8. The van der Waals surface area contributed by atoms with Crippen LogP contribution in [-0.2, 0) is 20.1 Å². The minimum absolute atomic E-state index is 0.0601. The quantitative estimate of drug-likeness (QED) is 0.799. The third kappa shape index (κ3) is 2.11. The summed E-state index contributed by atoms with van der Waals surface area (Å²) >= 11 is 0. The fraction of sp³-hybridized carbons (Fsp3) is 0.455. The van der Waals surface area contributed by atoms with E-state index in [9.17, 15) is 8.42 Å². The van der Waals surface area contributed by atoms with Gasteiger partial charge in [-0.25, -0.2) is 14.3 Å². The van der Waals surface area contributed by atoms with E-state index < -0.39 is 9.84 Å². The van der Waals surface area contributed by atoms with Crippen LogP contribution in [0.1, 0.15) is 18.4 Å². The van der Waals surface area contributed by atoms with Crippen molar-refractivity contribution >= 4 is 9.84 Å². The van der Waals surface area contributed by atoms with E-state index in [-0.39, 0.29) is 5.41 Å². The highest BCUT2D eigenvalue weighted by molar-refractivity contribution is 7.90. The van der Waals surface area contributed by atoms with Crippen LogP contribution in [0.25, 0.3) is 0 Å². The maximum atomic E-state index is 11.4. The summed E-state index contributed by atoms with van der Waals surface area (Å²) in [6.45, 7) is 0.445. The molecule has 0 aliphatic heterocycles. The summed E-state index contributed by atoms with van der Waals surface area (Å²) in [6, 6.07) is 7.03. The Balaban J connectivity index is 2.37. The molecule has 0 radical (unpaired) electrons. The Labute approximate surface area is 95.3 Å². The molecular weight excluding hydrogens is 226 g/mol. The van der Waals surface area contributed by atoms with Gasteiger partial charge in [-0.2, -0.15) is 0 Å². The Hall–Kier alpha value is -0.910. The summed E-state index contributed by atoms with van der Waals surface area (Å²) in [6.07, 6.45) is 3.21. The van der Waals surface area contributed by atoms with Crippen molar-refractivity contribution in [2.45, 2.75) is 23.2 Å². The van der Waals surface area contributed by atoms with E-state index in [0.29, 0.717) is 11.5 Å². The van der Waals surface area contributed by atoms with Crippen molar-refractivity contribution < 1.29 is 13.3 Å². The molecular formula is C11H15NO3S. The third-order valence-electron chi connectivity index (χ3n) is 3.09. The summed E-state index contributed by atoms with van der Waals surface area (Å²) < 4.78 is 22.9. The first-order valence-corrected chi connectivity index (χ1v) is 6.99. The molecule has 1 aromatic carbocycles. The van der Waals surface area contributed by atoms with E-state index in [1.165, 1.54) is 6.26 Å². The molecule has 16 heavy (non-hydrogen) atoms. The first kappa shape index (κ1) is 11.6. The van der Waals surface area contributed by atoms with Crippen LogP contribution < -0.4 is 5.90 Å². The fourth-order valence-electron chi connectivity index (χ4n) is 1.88. The first-order valence-electron chi connectivity index (χ1n) is 5.10. The molecule has 0 unspecified atom stereocenters. The molecule has 88 valence electrons. The van der Waals surface area contributed by atoms with E-state index in [0.717, 1.165) is 18.4 Å². The van der Waals surface area contributed by atoms with Gasteiger partial charge < -0.3 is 4.84 Å². The van der Waals surface area contributed by atoms with Crippen molar-refractivity contribution in [2.75, 3.05) is 12.9 Å². The third-order valence-corrected chi connectivity index (χ3v) is 4.20. The lowest BCUT2D eigenvalue weighted by Crippen LogP contribution is -2.18. The normalized spacial score (nSPS) is 18.4. The standard InChI is InChI=1S/C11H15NO3S/c1-16(13,14)10-4-2-3-9(7-10)11(5-6-11)8-15-12/h2-4,7H,5-6,8,12H2,1H3. The predicted molar refractivity (Wildman–Crippen MR) is 60.6 cm³/mol. The summed E-state index contributed by atoms with van der Waals surface area (Å²) in [4.78, 5) is 5.05. The molecule has 1 aliphatic rings. The molecule has 5 heteroatoms. The summed E-state index contributed by atoms with van der Waals surface area (Å²) in [7, 11) is -3.14. The summed E-state index contributed by atoms with van der Waals surface area (Å²) in [5, 5.41) is 0. The van der Waals surface area contributed by atoms with Gasteiger partial charge in [0.25, 0.3) is 0 Å². The molecule has 0 aromatic heterocycles. The Kier molecular flexibility index (Phi) is 2.77. The molecule has 0 spiro atoms. The number of nitrogens with two attached hydrogens (primary N) is 1. The van der Waals surface area contributed by atoms with Gasteiger partial charge in [0.2, 0.25) is 0 Å². The lowest BCUT2D eigenvalue weighted by Gasteiger charge is -2.14. The maximum absolute atomic E-state index is 11.4. The van der Waals surface area contributed by atoms with Gasteiger partial charge in [-0.3, -0.25) is 0 Å². The number of sulfone groups is 1. The van der Waals surface area contributed by atoms with Gasteiger partial charge in [0.15, 0.2) is 9.84 Å². The molecule has 0 bridgehead atoms. The van der Waals surface area contributed by atoms with E-state index in [1.54, 1.807) is 18.2 Å². The average Bonchev–Trinajstić information content (AvgIpc) is 2.99. The Bertz CT molecular complexity index is 492. The fourth-order valence-corrected chi connectivity index (χ4v) is 2.55. The van der Waals surface area contributed by atoms with Gasteiger partial charge in [0.05, 0.1) is 11.5 Å². The molecule has 1 saturated carbocycles. The largest absolute Gasteiger partial charge is 0.304 e. The van der Waals surface area contributed by atoms with Gasteiger partial charge in [0, 0.05) is 11.7 Å². The van der Waals surface area contributed by atoms with E-state index >= 15 is 0 Å². The number of hydrogen-bond acceptors (Lipinski definition) is 4. The molecule has 2 rings (SSSR count). The van der Waals surface area contributed by atoms with Gasteiger partial charge in [-0.15, -0.1) is 0 Å². The molecule has 1 fully saturated rings. The van der Waals surface area contributed by atoms with Crippen LogP contribution in [0.15, 0.2) is 29.2 Å². The van der Waals surface area contributed by atoms with Crippen LogP contribution in [0.3, 0.4) is 0 Å². The zero-order valence-electron chi connectivity index (χ0n) is 9.14. The van der Waals surface area contributed by atoms with Crippen LogP contribution in [0.4, 0.5) is 0 Å². The van der Waals surface area contributed by atoms with Gasteiger partial charge in [0.1, 0.15) is 0 Å². The molecule has 0 amide bonds. The lowest BCUT2D eigenvalue weighted by molar-refractivity contribution is 0.116. The second-order valence-electron chi connectivity index (χ2n) is 4.39. The number of hydrogen-bond donors (Lipinski definition) is 1. The Morgan fingerprint density at radius 2 is 2.12 bits per heavy atom. The summed E-state index contributed by atoms with van der Waals surface area (Å²) in [5.74, 6) is 5.10. The van der Waals surface area contributed by atoms with Crippen molar-refractivity contribution in [1.29, 1.82) is 0 Å². The van der Waals surface area contributed by atoms with Crippen LogP contribution in [-0.4, -0.2) is 21.3 Å². The van der Waals surface area contributed by atoms with Crippen LogP contribution >= 0.6 is 0 Å². The van der Waals surface area contributed by atoms with Crippen molar-refractivity contribution in [1.82, 2.24) is 0 Å². The SMILES string of the molecule is CS(=O)(=O)c1cccc(C2(CON)CC2)c1. The highest BCUT2D eigenvalue weighted by Gasteiger charge is 2.44. The molecule has 1 aromatic rings. The molecule has 0 heterocycles. The van der Waals surface area contributed by atoms with Gasteiger partial charge >= 0.3 is 0 Å². The molecule has 0 atom stereocenters. The van der Waals surface area contributed by atoms with Crippen LogP contribution in [0.5, 0.6) is 0 Å². The molecule has 2 N–H and O–H groups in total. The van der Waals surface area contributed by atoms with E-state index in [4.69, 9.17) is 10.7 Å². The van der Waals surface area contributed by atoms with Crippen LogP contribution in [0.2, 0.25) is 0 Å². The Morgan fingerprint density at radius 1 is 1.44 bits per heavy atom. The number of rotatable bonds is 4. The Morgan fingerprint density at radius 3 is 2.62 bits per heavy atom. The van der Waals surface area contributed by atoms with Crippen molar-refractivity contribution in [3.05, 3.63) is 29.8 Å². The molecule has 1 aliphatic carbocycles. The van der Waals surface area contributed by atoms with Crippen molar-refractivity contribution in [3.63, 3.8) is 0 Å². The second kappa shape index (κ2) is 3.84. The molecule has 4 nitrogen and oxygen atoms in total. The molecule has 0 saturated heterocycles. The van der Waals surface area contributed by atoms with Crippen LogP contribution in [0, 0.1) is 0 Å². The van der Waals surface area contributed by atoms with Crippen molar-refractivity contribution in [2.24, 2.45) is 5.90 Å². The zero-order valence-corrected chi connectivity index (χ0v) is 9.96. The monoisotopic (exact) mass is 241 g/mol. The smallest absolute Gasteiger partial charge is 0.175 e.